The molecule has 1 heterocycles. The number of sulfone groups is 1. The number of benzene rings is 2. The topological polar surface area (TPSA) is 73.2 Å². The highest BCUT2D eigenvalue weighted by Gasteiger charge is 2.23. The van der Waals surface area contributed by atoms with E-state index in [1.807, 2.05) is 18.2 Å². The average Bonchev–Trinajstić information content (AvgIpc) is 2.70. The third-order valence-corrected chi connectivity index (χ3v) is 6.74. The first-order valence-electron chi connectivity index (χ1n) is 9.12. The Labute approximate surface area is 171 Å². The zero-order valence-corrected chi connectivity index (χ0v) is 17.0. The second-order valence-electron chi connectivity index (χ2n) is 6.78. The van der Waals surface area contributed by atoms with Crippen molar-refractivity contribution in [2.45, 2.75) is 30.3 Å². The summed E-state index contributed by atoms with van der Waals surface area (Å²) in [7, 11) is -3.85. The van der Waals surface area contributed by atoms with E-state index in [0.717, 1.165) is 32.5 Å². The second kappa shape index (κ2) is 9.24. The molecule has 2 aromatic carbocycles. The van der Waals surface area contributed by atoms with Gasteiger partial charge in [0, 0.05) is 36.9 Å². The van der Waals surface area contributed by atoms with Gasteiger partial charge in [-0.05, 0) is 42.7 Å². The first-order valence-corrected chi connectivity index (χ1v) is 11.0. The van der Waals surface area contributed by atoms with Crippen LogP contribution >= 0.6 is 11.6 Å². The fourth-order valence-electron chi connectivity index (χ4n) is 3.20. The second-order valence-corrected chi connectivity index (χ2v) is 9.13. The van der Waals surface area contributed by atoms with Crippen molar-refractivity contribution in [1.29, 1.82) is 5.26 Å². The van der Waals surface area contributed by atoms with Crippen molar-refractivity contribution in [3.8, 4) is 6.07 Å². The van der Waals surface area contributed by atoms with Crippen LogP contribution in [0.1, 0.15) is 18.4 Å². The molecule has 0 atom stereocenters. The van der Waals surface area contributed by atoms with E-state index >= 15 is 0 Å². The highest BCUT2D eigenvalue weighted by atomic mass is 35.5. The van der Waals surface area contributed by atoms with Crippen LogP contribution in [0.4, 0.5) is 0 Å². The van der Waals surface area contributed by atoms with E-state index in [2.05, 4.69) is 22.3 Å². The monoisotopic (exact) mass is 415 g/mol. The molecule has 1 saturated heterocycles. The van der Waals surface area contributed by atoms with Crippen LogP contribution in [-0.4, -0.2) is 32.4 Å². The van der Waals surface area contributed by atoms with Gasteiger partial charge in [-0.15, -0.1) is 0 Å². The van der Waals surface area contributed by atoms with Gasteiger partial charge in [-0.25, -0.2) is 8.42 Å². The fourth-order valence-corrected chi connectivity index (χ4v) is 4.42. The molecule has 1 N–H and O–H groups in total. The lowest BCUT2D eigenvalue weighted by Crippen LogP contribution is -2.40. The van der Waals surface area contributed by atoms with Crippen molar-refractivity contribution in [3.05, 3.63) is 76.3 Å². The Morgan fingerprint density at radius 2 is 1.79 bits per heavy atom. The maximum Gasteiger partial charge on any atom is 0.218 e. The summed E-state index contributed by atoms with van der Waals surface area (Å²) in [5.41, 5.74) is 1.29. The average molecular weight is 416 g/mol. The SMILES string of the molecule is N#CC(=CNC1CCN(Cc2ccccc2)CC1)S(=O)(=O)c1ccc(Cl)cc1. The van der Waals surface area contributed by atoms with E-state index in [1.165, 1.54) is 36.0 Å². The number of nitrogens with zero attached hydrogens (tertiary/aromatic N) is 2. The van der Waals surface area contributed by atoms with Gasteiger partial charge in [-0.3, -0.25) is 4.90 Å². The predicted octanol–water partition coefficient (Wildman–Crippen LogP) is 3.73. The summed E-state index contributed by atoms with van der Waals surface area (Å²) in [5, 5.41) is 12.9. The van der Waals surface area contributed by atoms with Crippen molar-refractivity contribution < 1.29 is 8.42 Å². The minimum absolute atomic E-state index is 0.0594. The quantitative estimate of drug-likeness (QED) is 0.727. The standard InChI is InChI=1S/C21H22ClN3O2S/c22-18-6-8-20(9-7-18)28(26,27)21(14-23)15-24-19-10-12-25(13-11-19)16-17-4-2-1-3-5-17/h1-9,15,19,24H,10-13,16H2. The highest BCUT2D eigenvalue weighted by Crippen LogP contribution is 2.21. The molecule has 146 valence electrons. The van der Waals surface area contributed by atoms with E-state index < -0.39 is 9.84 Å². The van der Waals surface area contributed by atoms with E-state index in [4.69, 9.17) is 11.6 Å². The summed E-state index contributed by atoms with van der Waals surface area (Å²) >= 11 is 5.81. The van der Waals surface area contributed by atoms with E-state index in [0.29, 0.717) is 5.02 Å². The summed E-state index contributed by atoms with van der Waals surface area (Å²) in [6, 6.07) is 18.1. The van der Waals surface area contributed by atoms with Crippen LogP contribution in [0.2, 0.25) is 5.02 Å². The number of rotatable bonds is 6. The van der Waals surface area contributed by atoms with Gasteiger partial charge in [0.2, 0.25) is 9.84 Å². The lowest BCUT2D eigenvalue weighted by molar-refractivity contribution is 0.197. The number of likely N-dealkylation sites (tertiary alicyclic amines) is 1. The molecule has 1 fully saturated rings. The molecule has 1 aliphatic heterocycles. The van der Waals surface area contributed by atoms with Gasteiger partial charge >= 0.3 is 0 Å². The van der Waals surface area contributed by atoms with Crippen molar-refractivity contribution >= 4 is 21.4 Å². The smallest absolute Gasteiger partial charge is 0.218 e. The molecule has 0 amide bonds. The summed E-state index contributed by atoms with van der Waals surface area (Å²) in [5.74, 6) is 0. The number of nitriles is 1. The molecule has 7 heteroatoms. The molecule has 2 aromatic rings. The molecule has 0 saturated carbocycles. The van der Waals surface area contributed by atoms with Gasteiger partial charge in [0.25, 0.3) is 0 Å². The Morgan fingerprint density at radius 3 is 2.39 bits per heavy atom. The van der Waals surface area contributed by atoms with Crippen molar-refractivity contribution in [1.82, 2.24) is 10.2 Å². The molecule has 5 nitrogen and oxygen atoms in total. The molecular formula is C21H22ClN3O2S. The van der Waals surface area contributed by atoms with Gasteiger partial charge in [0.1, 0.15) is 6.07 Å². The Balaban J connectivity index is 1.58. The zero-order chi connectivity index (χ0) is 20.0. The Kier molecular flexibility index (Phi) is 6.74. The van der Waals surface area contributed by atoms with Crippen LogP contribution in [0, 0.1) is 11.3 Å². The number of nitrogens with one attached hydrogen (secondary N) is 1. The lowest BCUT2D eigenvalue weighted by atomic mass is 10.0. The van der Waals surface area contributed by atoms with E-state index in [9.17, 15) is 13.7 Å². The summed E-state index contributed by atoms with van der Waals surface area (Å²) in [6.07, 6.45) is 3.12. The number of halogens is 1. The number of piperidine rings is 1. The summed E-state index contributed by atoms with van der Waals surface area (Å²) < 4.78 is 25.2. The third kappa shape index (κ3) is 5.14. The molecule has 0 aromatic heterocycles. The molecule has 0 aliphatic carbocycles. The molecule has 0 radical (unpaired) electrons. The predicted molar refractivity (Wildman–Crippen MR) is 110 cm³/mol. The van der Waals surface area contributed by atoms with Crippen LogP contribution in [0.25, 0.3) is 0 Å². The van der Waals surface area contributed by atoms with Gasteiger partial charge in [0.15, 0.2) is 4.91 Å². The van der Waals surface area contributed by atoms with Gasteiger partial charge in [-0.2, -0.15) is 5.26 Å². The van der Waals surface area contributed by atoms with Crippen LogP contribution in [-0.2, 0) is 16.4 Å². The molecule has 0 unspecified atom stereocenters. The van der Waals surface area contributed by atoms with Crippen molar-refractivity contribution in [2.24, 2.45) is 0 Å². The largest absolute Gasteiger partial charge is 0.386 e. The Bertz CT molecular complexity index is 959. The Morgan fingerprint density at radius 1 is 1.14 bits per heavy atom. The minimum Gasteiger partial charge on any atom is -0.386 e. The van der Waals surface area contributed by atoms with Crippen LogP contribution < -0.4 is 5.32 Å². The number of allylic oxidation sites excluding steroid dienone is 1. The molecule has 0 bridgehead atoms. The van der Waals surface area contributed by atoms with Crippen molar-refractivity contribution in [3.63, 3.8) is 0 Å². The Hall–Kier alpha value is -2.33. The number of hydrogen-bond acceptors (Lipinski definition) is 5. The van der Waals surface area contributed by atoms with Gasteiger partial charge in [-0.1, -0.05) is 41.9 Å². The summed E-state index contributed by atoms with van der Waals surface area (Å²) in [6.45, 7) is 2.76. The maximum absolute atomic E-state index is 12.6. The first kappa shape index (κ1) is 20.4. The molecule has 3 rings (SSSR count). The number of hydrogen-bond donors (Lipinski definition) is 1. The first-order chi connectivity index (χ1) is 13.5. The zero-order valence-electron chi connectivity index (χ0n) is 15.4. The molecule has 0 spiro atoms. The van der Waals surface area contributed by atoms with Gasteiger partial charge in [0.05, 0.1) is 4.90 Å². The van der Waals surface area contributed by atoms with Crippen LogP contribution in [0.3, 0.4) is 0 Å². The fraction of sp³-hybridized carbons (Fsp3) is 0.286. The minimum atomic E-state index is -3.85. The molecule has 28 heavy (non-hydrogen) atoms. The lowest BCUT2D eigenvalue weighted by Gasteiger charge is -2.32. The van der Waals surface area contributed by atoms with Gasteiger partial charge < -0.3 is 5.32 Å². The van der Waals surface area contributed by atoms with Crippen LogP contribution in [0.15, 0.2) is 70.6 Å². The van der Waals surface area contributed by atoms with E-state index in [1.54, 1.807) is 6.07 Å². The third-order valence-electron chi connectivity index (χ3n) is 4.81. The molecule has 1 aliphatic rings. The normalized spacial score (nSPS) is 16.5. The van der Waals surface area contributed by atoms with Crippen molar-refractivity contribution in [2.75, 3.05) is 13.1 Å². The van der Waals surface area contributed by atoms with E-state index in [-0.39, 0.29) is 15.8 Å². The highest BCUT2D eigenvalue weighted by molar-refractivity contribution is 7.95. The molecular weight excluding hydrogens is 394 g/mol. The summed E-state index contributed by atoms with van der Waals surface area (Å²) in [4.78, 5) is 2.15. The van der Waals surface area contributed by atoms with Crippen LogP contribution in [0.5, 0.6) is 0 Å². The maximum atomic E-state index is 12.6.